The molecule has 4 rings (SSSR count). The van der Waals surface area contributed by atoms with Gasteiger partial charge in [-0.15, -0.1) is 0 Å². The molecule has 3 atom stereocenters. The number of carbonyl (C=O) groups excluding carboxylic acids is 1. The lowest BCUT2D eigenvalue weighted by Crippen LogP contribution is -2.48. The third-order valence-electron chi connectivity index (χ3n) is 5.87. The molecule has 2 fully saturated rings. The Morgan fingerprint density at radius 3 is 2.92 bits per heavy atom. The monoisotopic (exact) mass is 343 g/mol. The molecular formula is C19H25N3OS. The maximum atomic E-state index is 12.6. The molecule has 2 saturated carbocycles. The van der Waals surface area contributed by atoms with E-state index in [4.69, 9.17) is 12.2 Å². The van der Waals surface area contributed by atoms with Crippen molar-refractivity contribution >= 4 is 28.9 Å². The lowest BCUT2D eigenvalue weighted by atomic mass is 9.96. The number of fused-ring (bicyclic) bond motifs is 3. The lowest BCUT2D eigenvalue weighted by molar-refractivity contribution is -0.117. The van der Waals surface area contributed by atoms with Crippen molar-refractivity contribution in [1.82, 2.24) is 10.6 Å². The predicted octanol–water partition coefficient (Wildman–Crippen LogP) is 2.62. The number of para-hydroxylation sites is 1. The van der Waals surface area contributed by atoms with Crippen LogP contribution in [0.25, 0.3) is 0 Å². The zero-order chi connectivity index (χ0) is 16.5. The Labute approximate surface area is 149 Å². The van der Waals surface area contributed by atoms with Crippen LogP contribution in [-0.4, -0.2) is 30.2 Å². The number of amides is 1. The largest absolute Gasteiger partial charge is 0.360 e. The Morgan fingerprint density at radius 2 is 2.12 bits per heavy atom. The fraction of sp³-hybridized carbons (Fsp3) is 0.579. The zero-order valence-corrected chi connectivity index (χ0v) is 14.8. The Kier molecular flexibility index (Phi) is 4.44. The first-order chi connectivity index (χ1) is 11.7. The van der Waals surface area contributed by atoms with Crippen LogP contribution in [0.2, 0.25) is 0 Å². The summed E-state index contributed by atoms with van der Waals surface area (Å²) in [7, 11) is 0. The van der Waals surface area contributed by atoms with Gasteiger partial charge in [0.05, 0.1) is 6.54 Å². The minimum atomic E-state index is 0.0965. The van der Waals surface area contributed by atoms with Crippen LogP contribution in [0.3, 0.4) is 0 Å². The van der Waals surface area contributed by atoms with Crippen LogP contribution in [0.15, 0.2) is 24.3 Å². The van der Waals surface area contributed by atoms with Crippen LogP contribution in [-0.2, 0) is 11.2 Å². The number of carbonyl (C=O) groups is 1. The molecule has 4 nitrogen and oxygen atoms in total. The summed E-state index contributed by atoms with van der Waals surface area (Å²) in [6.07, 6.45) is 7.38. The Balaban J connectivity index is 1.30. The van der Waals surface area contributed by atoms with E-state index in [2.05, 4.69) is 16.7 Å². The number of nitrogens with zero attached hydrogens (tertiary/aromatic N) is 1. The van der Waals surface area contributed by atoms with Crippen molar-refractivity contribution in [2.45, 2.75) is 44.6 Å². The summed E-state index contributed by atoms with van der Waals surface area (Å²) in [5.74, 6) is 1.76. The molecule has 128 valence electrons. The number of aryl methyl sites for hydroxylation is 1. The van der Waals surface area contributed by atoms with Crippen molar-refractivity contribution in [2.24, 2.45) is 11.8 Å². The SMILES string of the molecule is O=C(CNC(=S)N[C@H]1C[C@H]2CC[C@H]1C2)N1CCCc2ccccc21. The molecule has 2 aliphatic carbocycles. The van der Waals surface area contributed by atoms with Gasteiger partial charge in [0.1, 0.15) is 0 Å². The number of hydrogen-bond donors (Lipinski definition) is 2. The third kappa shape index (κ3) is 3.14. The summed E-state index contributed by atoms with van der Waals surface area (Å²) < 4.78 is 0. The first kappa shape index (κ1) is 15.9. The number of benzene rings is 1. The van der Waals surface area contributed by atoms with Crippen molar-refractivity contribution in [3.8, 4) is 0 Å². The van der Waals surface area contributed by atoms with E-state index in [1.165, 1.54) is 31.2 Å². The van der Waals surface area contributed by atoms with Crippen molar-refractivity contribution in [3.63, 3.8) is 0 Å². The second-order valence-corrected chi connectivity index (χ2v) is 7.79. The summed E-state index contributed by atoms with van der Waals surface area (Å²) in [5, 5.41) is 7.19. The highest BCUT2D eigenvalue weighted by molar-refractivity contribution is 7.80. The molecule has 1 aromatic carbocycles. The molecule has 5 heteroatoms. The highest BCUT2D eigenvalue weighted by atomic mass is 32.1. The summed E-state index contributed by atoms with van der Waals surface area (Å²) in [5.41, 5.74) is 2.32. The van der Waals surface area contributed by atoms with Gasteiger partial charge in [-0.05, 0) is 67.8 Å². The van der Waals surface area contributed by atoms with Gasteiger partial charge in [-0.3, -0.25) is 4.79 Å². The Morgan fingerprint density at radius 1 is 1.25 bits per heavy atom. The minimum absolute atomic E-state index is 0.0965. The molecule has 2 bridgehead atoms. The zero-order valence-electron chi connectivity index (χ0n) is 14.0. The Hall–Kier alpha value is -1.62. The van der Waals surface area contributed by atoms with E-state index in [-0.39, 0.29) is 12.5 Å². The topological polar surface area (TPSA) is 44.4 Å². The van der Waals surface area contributed by atoms with Crippen molar-refractivity contribution in [3.05, 3.63) is 29.8 Å². The Bertz CT molecular complexity index is 647. The number of anilines is 1. The molecule has 1 aromatic rings. The number of thiocarbonyl (C=S) groups is 1. The molecule has 0 saturated heterocycles. The second-order valence-electron chi connectivity index (χ2n) is 7.39. The molecule has 1 heterocycles. The normalized spacial score (nSPS) is 27.7. The quantitative estimate of drug-likeness (QED) is 0.828. The van der Waals surface area contributed by atoms with Crippen LogP contribution in [0.4, 0.5) is 5.69 Å². The first-order valence-corrected chi connectivity index (χ1v) is 9.54. The number of rotatable bonds is 3. The summed E-state index contributed by atoms with van der Waals surface area (Å²) in [6, 6.07) is 8.70. The van der Waals surface area contributed by atoms with E-state index in [1.54, 1.807) is 0 Å². The van der Waals surface area contributed by atoms with E-state index >= 15 is 0 Å². The lowest BCUT2D eigenvalue weighted by Gasteiger charge is -2.30. The van der Waals surface area contributed by atoms with E-state index < -0.39 is 0 Å². The molecule has 0 spiro atoms. The van der Waals surface area contributed by atoms with Gasteiger partial charge in [0.25, 0.3) is 0 Å². The third-order valence-corrected chi connectivity index (χ3v) is 6.13. The molecule has 1 aliphatic heterocycles. The molecule has 0 aromatic heterocycles. The average Bonchev–Trinajstić information content (AvgIpc) is 3.22. The van der Waals surface area contributed by atoms with Crippen molar-refractivity contribution in [2.75, 3.05) is 18.0 Å². The number of nitrogens with one attached hydrogen (secondary N) is 2. The maximum absolute atomic E-state index is 12.6. The van der Waals surface area contributed by atoms with Crippen molar-refractivity contribution < 1.29 is 4.79 Å². The van der Waals surface area contributed by atoms with Crippen molar-refractivity contribution in [1.29, 1.82) is 0 Å². The standard InChI is InChI=1S/C19H25N3OS/c23-18(22-9-3-5-14-4-1-2-6-17(14)22)12-20-19(24)21-16-11-13-7-8-15(16)10-13/h1-2,4,6,13,15-16H,3,5,7-12H2,(H2,20,21,24)/t13-,15-,16-/m0/s1. The summed E-state index contributed by atoms with van der Waals surface area (Å²) in [6.45, 7) is 1.06. The van der Waals surface area contributed by atoms with E-state index in [0.717, 1.165) is 36.9 Å². The van der Waals surface area contributed by atoms with Gasteiger partial charge < -0.3 is 15.5 Å². The smallest absolute Gasteiger partial charge is 0.246 e. The fourth-order valence-electron chi connectivity index (χ4n) is 4.68. The highest BCUT2D eigenvalue weighted by Gasteiger charge is 2.39. The molecule has 2 N–H and O–H groups in total. The maximum Gasteiger partial charge on any atom is 0.246 e. The van der Waals surface area contributed by atoms with E-state index in [0.29, 0.717) is 11.2 Å². The van der Waals surface area contributed by atoms with Gasteiger partial charge in [0, 0.05) is 18.3 Å². The molecule has 24 heavy (non-hydrogen) atoms. The van der Waals surface area contributed by atoms with E-state index in [1.807, 2.05) is 23.1 Å². The van der Waals surface area contributed by atoms with Gasteiger partial charge in [0.2, 0.25) is 5.91 Å². The molecular weight excluding hydrogens is 318 g/mol. The molecule has 3 aliphatic rings. The van der Waals surface area contributed by atoms with Crippen LogP contribution in [0.1, 0.15) is 37.7 Å². The van der Waals surface area contributed by atoms with Crippen LogP contribution >= 0.6 is 12.2 Å². The van der Waals surface area contributed by atoms with Crippen LogP contribution in [0.5, 0.6) is 0 Å². The van der Waals surface area contributed by atoms with Crippen LogP contribution in [0, 0.1) is 11.8 Å². The molecule has 0 unspecified atom stereocenters. The summed E-state index contributed by atoms with van der Waals surface area (Å²) >= 11 is 5.41. The van der Waals surface area contributed by atoms with Gasteiger partial charge in [-0.25, -0.2) is 0 Å². The van der Waals surface area contributed by atoms with Gasteiger partial charge in [0.15, 0.2) is 5.11 Å². The highest BCUT2D eigenvalue weighted by Crippen LogP contribution is 2.44. The molecule has 0 radical (unpaired) electrons. The van der Waals surface area contributed by atoms with Gasteiger partial charge >= 0.3 is 0 Å². The first-order valence-electron chi connectivity index (χ1n) is 9.13. The predicted molar refractivity (Wildman–Crippen MR) is 100 cm³/mol. The summed E-state index contributed by atoms with van der Waals surface area (Å²) in [4.78, 5) is 14.5. The average molecular weight is 343 g/mol. The second kappa shape index (κ2) is 6.71. The van der Waals surface area contributed by atoms with E-state index in [9.17, 15) is 4.79 Å². The van der Waals surface area contributed by atoms with Gasteiger partial charge in [-0.2, -0.15) is 0 Å². The number of hydrogen-bond acceptors (Lipinski definition) is 2. The molecule has 1 amide bonds. The van der Waals surface area contributed by atoms with Gasteiger partial charge in [-0.1, -0.05) is 24.6 Å². The minimum Gasteiger partial charge on any atom is -0.360 e. The fourth-order valence-corrected chi connectivity index (χ4v) is 4.91. The van der Waals surface area contributed by atoms with Crippen LogP contribution < -0.4 is 15.5 Å².